The molecule has 0 heterocycles. The molecular formula is C46H88O4. The molecule has 0 aromatic heterocycles. The number of esters is 1. The molecule has 0 amide bonds. The van der Waals surface area contributed by atoms with Crippen LogP contribution < -0.4 is 0 Å². The predicted octanol–water partition coefficient (Wildman–Crippen LogP) is 15.8. The van der Waals surface area contributed by atoms with Crippen LogP contribution in [0.3, 0.4) is 0 Å². The molecule has 0 saturated carbocycles. The molecule has 0 aliphatic carbocycles. The average molecular weight is 705 g/mol. The van der Waals surface area contributed by atoms with E-state index in [9.17, 15) is 9.59 Å². The molecular weight excluding hydrogens is 617 g/mol. The van der Waals surface area contributed by atoms with Gasteiger partial charge >= 0.3 is 11.9 Å². The molecule has 0 rings (SSSR count). The zero-order valence-corrected chi connectivity index (χ0v) is 34.0. The molecule has 0 aromatic carbocycles. The fraction of sp³-hybridized carbons (Fsp3) is 0.913. The van der Waals surface area contributed by atoms with Gasteiger partial charge in [0.25, 0.3) is 0 Å². The minimum absolute atomic E-state index is 0.0849. The first-order valence-electron chi connectivity index (χ1n) is 22.7. The number of hydrogen-bond acceptors (Lipinski definition) is 3. The van der Waals surface area contributed by atoms with Crippen molar-refractivity contribution in [3.8, 4) is 0 Å². The Morgan fingerprint density at radius 3 is 1.12 bits per heavy atom. The fourth-order valence-corrected chi connectivity index (χ4v) is 7.13. The van der Waals surface area contributed by atoms with Crippen molar-refractivity contribution in [2.24, 2.45) is 0 Å². The Balaban J connectivity index is 3.73. The highest BCUT2D eigenvalue weighted by Gasteiger charge is 2.15. The van der Waals surface area contributed by atoms with E-state index in [-0.39, 0.29) is 18.5 Å². The standard InChI is InChI=1S/C46H88O4/c1-3-5-7-9-11-13-15-17-19-21-22-24-26-28-30-32-34-36-38-43-46(49)50-44(41-39-42-45(47)48)40-37-35-33-31-29-27-25-23-20-18-16-14-12-10-8-6-4-2/h17,19,44H,3-16,18,20-43H2,1-2H3,(H,47,48)/b19-17-. The quantitative estimate of drug-likeness (QED) is 0.0390. The molecule has 0 aliphatic rings. The van der Waals surface area contributed by atoms with E-state index in [1.54, 1.807) is 0 Å². The smallest absolute Gasteiger partial charge is 0.306 e. The first-order valence-corrected chi connectivity index (χ1v) is 22.7. The molecule has 0 bridgehead atoms. The van der Waals surface area contributed by atoms with E-state index in [4.69, 9.17) is 9.84 Å². The van der Waals surface area contributed by atoms with Gasteiger partial charge in [-0.2, -0.15) is 0 Å². The molecule has 4 heteroatoms. The maximum Gasteiger partial charge on any atom is 0.306 e. The Hall–Kier alpha value is -1.32. The second-order valence-corrected chi connectivity index (χ2v) is 15.6. The van der Waals surface area contributed by atoms with Crippen LogP contribution in [0.1, 0.15) is 264 Å². The highest BCUT2D eigenvalue weighted by atomic mass is 16.5. The van der Waals surface area contributed by atoms with Gasteiger partial charge in [-0.25, -0.2) is 0 Å². The van der Waals surface area contributed by atoms with Crippen LogP contribution in [0.5, 0.6) is 0 Å². The second kappa shape index (κ2) is 42.1. The van der Waals surface area contributed by atoms with Gasteiger partial charge in [-0.05, 0) is 57.8 Å². The van der Waals surface area contributed by atoms with Crippen molar-refractivity contribution in [3.05, 3.63) is 12.2 Å². The summed E-state index contributed by atoms with van der Waals surface area (Å²) in [5.74, 6) is -0.850. The number of aliphatic carboxylic acids is 1. The number of carbonyl (C=O) groups excluding carboxylic acids is 1. The normalized spacial score (nSPS) is 12.2. The van der Waals surface area contributed by atoms with Gasteiger partial charge in [0.2, 0.25) is 0 Å². The van der Waals surface area contributed by atoms with E-state index < -0.39 is 5.97 Å². The Bertz CT molecular complexity index is 717. The summed E-state index contributed by atoms with van der Waals surface area (Å²) in [6.45, 7) is 4.56. The minimum Gasteiger partial charge on any atom is -0.481 e. The number of unbranched alkanes of at least 4 members (excludes halogenated alkanes) is 31. The SMILES string of the molecule is CCCCCCCC/C=C\CCCCCCCCCCCC(=O)OC(CCCCCCCCCCCCCCCCCCC)CCCC(=O)O. The molecule has 0 fully saturated rings. The zero-order valence-electron chi connectivity index (χ0n) is 34.0. The van der Waals surface area contributed by atoms with Crippen molar-refractivity contribution in [3.63, 3.8) is 0 Å². The summed E-state index contributed by atoms with van der Waals surface area (Å²) >= 11 is 0. The number of ether oxygens (including phenoxy) is 1. The lowest BCUT2D eigenvalue weighted by atomic mass is 10.0. The zero-order chi connectivity index (χ0) is 36.4. The van der Waals surface area contributed by atoms with E-state index in [0.29, 0.717) is 19.3 Å². The highest BCUT2D eigenvalue weighted by molar-refractivity contribution is 5.69. The van der Waals surface area contributed by atoms with Crippen LogP contribution in [0.15, 0.2) is 12.2 Å². The van der Waals surface area contributed by atoms with Gasteiger partial charge in [-0.15, -0.1) is 0 Å². The molecule has 0 aliphatic heterocycles. The number of carboxylic acid groups (broad SMARTS) is 1. The lowest BCUT2D eigenvalue weighted by Gasteiger charge is -2.18. The van der Waals surface area contributed by atoms with Crippen molar-refractivity contribution < 1.29 is 19.4 Å². The molecule has 4 nitrogen and oxygen atoms in total. The van der Waals surface area contributed by atoms with Gasteiger partial charge in [0.15, 0.2) is 0 Å². The molecule has 0 radical (unpaired) electrons. The summed E-state index contributed by atoms with van der Waals surface area (Å²) in [5, 5.41) is 9.06. The summed E-state index contributed by atoms with van der Waals surface area (Å²) in [6, 6.07) is 0. The van der Waals surface area contributed by atoms with Gasteiger partial charge in [-0.1, -0.05) is 206 Å². The van der Waals surface area contributed by atoms with Crippen LogP contribution in [0.4, 0.5) is 0 Å². The van der Waals surface area contributed by atoms with E-state index >= 15 is 0 Å². The number of carbonyl (C=O) groups is 2. The Labute approximate surface area is 313 Å². The molecule has 0 aromatic rings. The van der Waals surface area contributed by atoms with Crippen molar-refractivity contribution >= 4 is 11.9 Å². The summed E-state index contributed by atoms with van der Waals surface area (Å²) in [4.78, 5) is 23.6. The Morgan fingerprint density at radius 2 is 0.740 bits per heavy atom. The average Bonchev–Trinajstić information content (AvgIpc) is 3.10. The van der Waals surface area contributed by atoms with Gasteiger partial charge in [0, 0.05) is 12.8 Å². The van der Waals surface area contributed by atoms with Crippen LogP contribution >= 0.6 is 0 Å². The largest absolute Gasteiger partial charge is 0.481 e. The molecule has 50 heavy (non-hydrogen) atoms. The molecule has 0 spiro atoms. The second-order valence-electron chi connectivity index (χ2n) is 15.6. The van der Waals surface area contributed by atoms with Crippen LogP contribution in [0.25, 0.3) is 0 Å². The van der Waals surface area contributed by atoms with E-state index in [1.807, 2.05) is 0 Å². The first kappa shape index (κ1) is 48.7. The van der Waals surface area contributed by atoms with Crippen LogP contribution in [0, 0.1) is 0 Å². The van der Waals surface area contributed by atoms with Crippen molar-refractivity contribution in [2.75, 3.05) is 0 Å². The number of hydrogen-bond donors (Lipinski definition) is 1. The molecule has 1 N–H and O–H groups in total. The molecule has 1 atom stereocenters. The Morgan fingerprint density at radius 1 is 0.420 bits per heavy atom. The third kappa shape index (κ3) is 41.1. The lowest BCUT2D eigenvalue weighted by Crippen LogP contribution is -2.18. The van der Waals surface area contributed by atoms with Crippen molar-refractivity contribution in [1.82, 2.24) is 0 Å². The van der Waals surface area contributed by atoms with Gasteiger partial charge < -0.3 is 9.84 Å². The maximum atomic E-state index is 12.6. The summed E-state index contributed by atoms with van der Waals surface area (Å²) in [6.07, 6.45) is 52.4. The van der Waals surface area contributed by atoms with Gasteiger partial charge in [-0.3, -0.25) is 9.59 Å². The third-order valence-electron chi connectivity index (χ3n) is 10.5. The monoisotopic (exact) mass is 705 g/mol. The maximum absolute atomic E-state index is 12.6. The minimum atomic E-state index is -0.765. The molecule has 296 valence electrons. The van der Waals surface area contributed by atoms with Gasteiger partial charge in [0.05, 0.1) is 0 Å². The summed E-state index contributed by atoms with van der Waals surface area (Å²) in [5.41, 5.74) is 0. The third-order valence-corrected chi connectivity index (χ3v) is 10.5. The van der Waals surface area contributed by atoms with Gasteiger partial charge in [0.1, 0.15) is 6.10 Å². The number of carboxylic acids is 1. The number of allylic oxidation sites excluding steroid dienone is 2. The lowest BCUT2D eigenvalue weighted by molar-refractivity contribution is -0.150. The highest BCUT2D eigenvalue weighted by Crippen LogP contribution is 2.19. The van der Waals surface area contributed by atoms with Crippen LogP contribution in [0.2, 0.25) is 0 Å². The predicted molar refractivity (Wildman–Crippen MR) is 218 cm³/mol. The van der Waals surface area contributed by atoms with Crippen LogP contribution in [-0.2, 0) is 14.3 Å². The Kier molecular flexibility index (Phi) is 41.0. The summed E-state index contributed by atoms with van der Waals surface area (Å²) in [7, 11) is 0. The fourth-order valence-electron chi connectivity index (χ4n) is 7.13. The van der Waals surface area contributed by atoms with E-state index in [1.165, 1.54) is 199 Å². The van der Waals surface area contributed by atoms with Crippen molar-refractivity contribution in [2.45, 2.75) is 270 Å². The topological polar surface area (TPSA) is 63.6 Å². The molecule has 1 unspecified atom stereocenters. The van der Waals surface area contributed by atoms with E-state index in [0.717, 1.165) is 25.7 Å². The first-order chi connectivity index (χ1) is 24.6. The summed E-state index contributed by atoms with van der Waals surface area (Å²) < 4.78 is 5.86. The number of rotatable bonds is 42. The van der Waals surface area contributed by atoms with Crippen molar-refractivity contribution in [1.29, 1.82) is 0 Å². The van der Waals surface area contributed by atoms with E-state index in [2.05, 4.69) is 26.0 Å². The molecule has 0 saturated heterocycles. The van der Waals surface area contributed by atoms with Crippen LogP contribution in [-0.4, -0.2) is 23.1 Å².